The molecule has 0 unspecified atom stereocenters. The number of aromatic nitrogens is 2. The largest absolute Gasteiger partial charge is 0.497 e. The molecule has 8 aromatic rings. The van der Waals surface area contributed by atoms with Crippen LogP contribution in [0.2, 0.25) is 0 Å². The van der Waals surface area contributed by atoms with E-state index in [1.165, 1.54) is 59.6 Å². The van der Waals surface area contributed by atoms with Crippen molar-refractivity contribution in [2.24, 2.45) is 40.9 Å². The monoisotopic (exact) mass is 1140 g/mol. The second kappa shape index (κ2) is 32.2. The molecule has 0 bridgehead atoms. The van der Waals surface area contributed by atoms with Gasteiger partial charge in [-0.05, 0) is 129 Å². The van der Waals surface area contributed by atoms with Gasteiger partial charge in [-0.2, -0.15) is 0 Å². The SMILES string of the molecule is C.C=CC(=O)OC.C=CC(=O)OCCCc1ccc(N=Nc2nc3sc(N=Nc4ccc(C(=O)OC)cc4)cc3s2)cc1.CCOC(=O)CCN(CC)c1ccc(N=Nc2nc3sc(N=Nc4ccc(OC)cc4)cc3s2)cc1. The molecule has 20 nitrogen and oxygen atoms in total. The Kier molecular flexibility index (Phi) is 25.0. The molecular formula is C55H57N11O9S4. The van der Waals surface area contributed by atoms with Gasteiger partial charge in [0.15, 0.2) is 0 Å². The molecule has 0 aliphatic carbocycles. The van der Waals surface area contributed by atoms with E-state index in [-0.39, 0.29) is 13.4 Å². The van der Waals surface area contributed by atoms with Crippen LogP contribution in [0.25, 0.3) is 19.1 Å². The van der Waals surface area contributed by atoms with Gasteiger partial charge >= 0.3 is 23.9 Å². The number of hydrogen-bond donors (Lipinski definition) is 0. The molecule has 0 radical (unpaired) electrons. The number of esters is 4. The Morgan fingerprint density at radius 1 is 0.595 bits per heavy atom. The van der Waals surface area contributed by atoms with Gasteiger partial charge in [-0.3, -0.25) is 4.79 Å². The summed E-state index contributed by atoms with van der Waals surface area (Å²) in [5, 5.41) is 36.8. The summed E-state index contributed by atoms with van der Waals surface area (Å²) >= 11 is 5.75. The van der Waals surface area contributed by atoms with E-state index in [4.69, 9.17) is 14.2 Å². The summed E-state index contributed by atoms with van der Waals surface area (Å²) in [4.78, 5) is 56.9. The van der Waals surface area contributed by atoms with Gasteiger partial charge in [-0.1, -0.05) is 78.1 Å². The highest BCUT2D eigenvalue weighted by Gasteiger charge is 2.12. The maximum Gasteiger partial charge on any atom is 0.337 e. The molecule has 0 saturated carbocycles. The van der Waals surface area contributed by atoms with Crippen molar-refractivity contribution < 1.29 is 42.9 Å². The second-order valence-electron chi connectivity index (χ2n) is 15.6. The van der Waals surface area contributed by atoms with Gasteiger partial charge in [0.1, 0.15) is 25.4 Å². The van der Waals surface area contributed by atoms with Crippen molar-refractivity contribution >= 4 is 137 Å². The van der Waals surface area contributed by atoms with Crippen molar-refractivity contribution in [2.45, 2.75) is 40.5 Å². The topological polar surface area (TPSA) is 242 Å². The first-order chi connectivity index (χ1) is 37.9. The lowest BCUT2D eigenvalue weighted by Crippen LogP contribution is -2.26. The highest BCUT2D eigenvalue weighted by molar-refractivity contribution is 7.31. The molecule has 4 aromatic carbocycles. The Bertz CT molecular complexity index is 3320. The van der Waals surface area contributed by atoms with Crippen LogP contribution in [0.15, 0.2) is 175 Å². The third-order valence-corrected chi connectivity index (χ3v) is 14.2. The van der Waals surface area contributed by atoms with Crippen LogP contribution >= 0.6 is 45.3 Å². The predicted molar refractivity (Wildman–Crippen MR) is 313 cm³/mol. The number of anilines is 1. The second-order valence-corrected chi connectivity index (χ2v) is 19.6. The highest BCUT2D eigenvalue weighted by atomic mass is 32.1. The molecule has 0 saturated heterocycles. The quantitative estimate of drug-likeness (QED) is 0.0202. The average Bonchev–Trinajstić information content (AvgIpc) is 4.26. The van der Waals surface area contributed by atoms with Gasteiger partial charge in [0, 0.05) is 30.9 Å². The first-order valence-electron chi connectivity index (χ1n) is 23.8. The van der Waals surface area contributed by atoms with Crippen LogP contribution in [0.5, 0.6) is 5.75 Å². The zero-order valence-corrected chi connectivity index (χ0v) is 46.4. The Hall–Kier alpha value is -8.58. The molecule has 410 valence electrons. The van der Waals surface area contributed by atoms with E-state index >= 15 is 0 Å². The molecule has 0 amide bonds. The number of methoxy groups -OCH3 is 3. The van der Waals surface area contributed by atoms with E-state index in [0.717, 1.165) is 94.7 Å². The normalized spacial score (nSPS) is 10.9. The molecule has 8 rings (SSSR count). The van der Waals surface area contributed by atoms with Crippen LogP contribution in [-0.4, -0.2) is 81.5 Å². The first-order valence-corrected chi connectivity index (χ1v) is 27.1. The molecular weight excluding hydrogens is 1090 g/mol. The van der Waals surface area contributed by atoms with E-state index in [2.05, 4.69) is 85.3 Å². The fraction of sp³-hybridized carbons (Fsp3) is 0.236. The summed E-state index contributed by atoms with van der Waals surface area (Å²) in [5.74, 6) is -0.598. The Morgan fingerprint density at radius 3 is 1.53 bits per heavy atom. The molecule has 79 heavy (non-hydrogen) atoms. The van der Waals surface area contributed by atoms with Gasteiger partial charge in [0.25, 0.3) is 0 Å². The van der Waals surface area contributed by atoms with E-state index in [0.29, 0.717) is 47.7 Å². The molecule has 24 heteroatoms. The van der Waals surface area contributed by atoms with Crippen molar-refractivity contribution in [2.75, 3.05) is 52.5 Å². The Labute approximate surface area is 472 Å². The predicted octanol–water partition coefficient (Wildman–Crippen LogP) is 16.6. The summed E-state index contributed by atoms with van der Waals surface area (Å²) in [5.41, 5.74) is 5.44. The van der Waals surface area contributed by atoms with Crippen LogP contribution in [0, 0.1) is 0 Å². The van der Waals surface area contributed by atoms with E-state index in [9.17, 15) is 19.2 Å². The number of azo groups is 4. The third kappa shape index (κ3) is 19.7. The zero-order valence-electron chi connectivity index (χ0n) is 43.1. The van der Waals surface area contributed by atoms with E-state index < -0.39 is 17.9 Å². The summed E-state index contributed by atoms with van der Waals surface area (Å²) in [7, 11) is 4.28. The lowest BCUT2D eigenvalue weighted by Gasteiger charge is -2.22. The van der Waals surface area contributed by atoms with Gasteiger partial charge in [0.2, 0.25) is 10.3 Å². The lowest BCUT2D eigenvalue weighted by atomic mass is 10.1. The fourth-order valence-corrected chi connectivity index (χ4v) is 10.1. The molecule has 0 fully saturated rings. The number of nitrogens with zero attached hydrogens (tertiary/aromatic N) is 11. The minimum atomic E-state index is -0.405. The smallest absolute Gasteiger partial charge is 0.337 e. The van der Waals surface area contributed by atoms with Crippen molar-refractivity contribution in [1.29, 1.82) is 0 Å². The molecule has 4 aromatic heterocycles. The van der Waals surface area contributed by atoms with Gasteiger partial charge in [-0.25, -0.2) is 24.4 Å². The van der Waals surface area contributed by atoms with Crippen LogP contribution < -0.4 is 9.64 Å². The van der Waals surface area contributed by atoms with Crippen LogP contribution in [-0.2, 0) is 39.8 Å². The van der Waals surface area contributed by atoms with Crippen LogP contribution in [0.1, 0.15) is 50.0 Å². The molecule has 0 spiro atoms. The first kappa shape index (κ1) is 61.3. The van der Waals surface area contributed by atoms with E-state index in [1.807, 2.05) is 91.9 Å². The van der Waals surface area contributed by atoms with Gasteiger partial charge < -0.3 is 28.6 Å². The molecule has 0 N–H and O–H groups in total. The molecule has 0 aliphatic rings. The summed E-state index contributed by atoms with van der Waals surface area (Å²) < 4.78 is 25.9. The number of ether oxygens (including phenoxy) is 5. The fourth-order valence-electron chi connectivity index (χ4n) is 6.43. The van der Waals surface area contributed by atoms with Gasteiger partial charge in [0.05, 0.1) is 78.7 Å². The lowest BCUT2D eigenvalue weighted by molar-refractivity contribution is -0.143. The summed E-state index contributed by atoms with van der Waals surface area (Å²) in [6.07, 6.45) is 4.16. The number of carbonyl (C=O) groups is 4. The number of benzene rings is 4. The molecule has 4 heterocycles. The van der Waals surface area contributed by atoms with Crippen LogP contribution in [0.3, 0.4) is 0 Å². The number of thiophene rings is 2. The van der Waals surface area contributed by atoms with Crippen molar-refractivity contribution in [3.05, 3.63) is 146 Å². The number of hydrogen-bond acceptors (Lipinski definition) is 24. The maximum absolute atomic E-state index is 11.6. The van der Waals surface area contributed by atoms with E-state index in [1.54, 1.807) is 31.4 Å². The maximum atomic E-state index is 11.6. The number of carbonyl (C=O) groups excluding carboxylic acids is 4. The Balaban J connectivity index is 0.000000260. The third-order valence-electron chi connectivity index (χ3n) is 10.3. The summed E-state index contributed by atoms with van der Waals surface area (Å²) in [6.45, 7) is 12.6. The number of fused-ring (bicyclic) bond motifs is 2. The standard InChI is InChI=1S/C25H26N6O3S2.C25H21N5O4S2.C4H6O2.CH4/c1-4-31(15-14-23(32)34-5-2)19-10-6-17(7-11-19)28-30-25-26-24-21(35-25)16-22(36-24)29-27-18-8-12-20(33-3)13-9-18;1-3-22(31)34-14-4-5-16-6-10-18(11-7-16)28-30-25-26-23-20(35-25)15-21(36-23)29-27-19-12-8-17(9-13-19)24(32)33-2;1-3-4(5)6-2;/h6-13,16H,4-5,14-15H2,1-3H3;3,6-13,15H,1,4-5,14H2,2H3;3H,1H2,2H3;1H4. The minimum Gasteiger partial charge on any atom is -0.497 e. The molecule has 0 aliphatic heterocycles. The minimum absolute atomic E-state index is 0. The number of aryl methyl sites for hydroxylation is 1. The zero-order chi connectivity index (χ0) is 55.7. The molecule has 0 atom stereocenters. The number of rotatable bonds is 22. The van der Waals surface area contributed by atoms with Crippen molar-refractivity contribution in [3.8, 4) is 5.75 Å². The number of thiazole rings is 2. The van der Waals surface area contributed by atoms with Crippen molar-refractivity contribution in [1.82, 2.24) is 9.97 Å². The highest BCUT2D eigenvalue weighted by Crippen LogP contribution is 2.41. The van der Waals surface area contributed by atoms with Gasteiger partial charge in [-0.15, -0.1) is 40.9 Å². The van der Waals surface area contributed by atoms with Crippen LogP contribution in [0.4, 0.5) is 48.7 Å². The van der Waals surface area contributed by atoms with Crippen molar-refractivity contribution in [3.63, 3.8) is 0 Å². The Morgan fingerprint density at radius 2 is 1.09 bits per heavy atom. The average molecular weight is 1140 g/mol. The summed E-state index contributed by atoms with van der Waals surface area (Å²) in [6, 6.07) is 33.4.